The van der Waals surface area contributed by atoms with Crippen LogP contribution in [0.1, 0.15) is 17.5 Å². The van der Waals surface area contributed by atoms with Crippen LogP contribution in [0.4, 0.5) is 11.4 Å². The van der Waals surface area contributed by atoms with Crippen molar-refractivity contribution in [3.05, 3.63) is 94.9 Å². The van der Waals surface area contributed by atoms with Crippen LogP contribution < -0.4 is 9.64 Å². The summed E-state index contributed by atoms with van der Waals surface area (Å²) in [6.45, 7) is 3.77. The number of hydrogen-bond acceptors (Lipinski definition) is 6. The van der Waals surface area contributed by atoms with Crippen LogP contribution >= 0.6 is 11.8 Å². The van der Waals surface area contributed by atoms with E-state index in [-0.39, 0.29) is 5.91 Å². The Labute approximate surface area is 222 Å². The van der Waals surface area contributed by atoms with E-state index in [1.807, 2.05) is 66.7 Å². The van der Waals surface area contributed by atoms with E-state index < -0.39 is 0 Å². The highest BCUT2D eigenvalue weighted by atomic mass is 32.2. The SMILES string of the molecule is COc1cc(N2CCOCC2)ccc1/C=C1\SC(=Nc2ccccc2)N(CCCc2ccccc2)C1=O. The molecule has 3 aromatic rings. The van der Waals surface area contributed by atoms with Crippen molar-refractivity contribution in [2.45, 2.75) is 12.8 Å². The number of benzene rings is 3. The van der Waals surface area contributed by atoms with Crippen LogP contribution in [0.5, 0.6) is 5.75 Å². The number of methoxy groups -OCH3 is 1. The molecule has 190 valence electrons. The van der Waals surface area contributed by atoms with Gasteiger partial charge in [-0.2, -0.15) is 0 Å². The number of morpholine rings is 1. The maximum Gasteiger partial charge on any atom is 0.266 e. The fraction of sp³-hybridized carbons (Fsp3) is 0.267. The van der Waals surface area contributed by atoms with E-state index in [4.69, 9.17) is 14.5 Å². The molecule has 2 heterocycles. The molecule has 0 unspecified atom stereocenters. The summed E-state index contributed by atoms with van der Waals surface area (Å²) in [4.78, 5) is 23.1. The number of hydrogen-bond donors (Lipinski definition) is 0. The maximum atomic E-state index is 13.6. The predicted octanol–water partition coefficient (Wildman–Crippen LogP) is 5.77. The number of carbonyl (C=O) groups is 1. The van der Waals surface area contributed by atoms with Crippen LogP contribution in [0, 0.1) is 0 Å². The van der Waals surface area contributed by atoms with Crippen molar-refractivity contribution in [1.82, 2.24) is 4.90 Å². The van der Waals surface area contributed by atoms with E-state index >= 15 is 0 Å². The number of ether oxygens (including phenoxy) is 2. The zero-order valence-corrected chi connectivity index (χ0v) is 21.8. The number of aliphatic imine (C=N–C) groups is 1. The molecule has 5 rings (SSSR count). The Bertz CT molecular complexity index is 1270. The minimum absolute atomic E-state index is 0.0212. The third kappa shape index (κ3) is 6.24. The average Bonchev–Trinajstić information content (AvgIpc) is 3.24. The number of aryl methyl sites for hydroxylation is 1. The van der Waals surface area contributed by atoms with Gasteiger partial charge in [0.25, 0.3) is 5.91 Å². The largest absolute Gasteiger partial charge is 0.496 e. The van der Waals surface area contributed by atoms with Gasteiger partial charge in [0.2, 0.25) is 0 Å². The van der Waals surface area contributed by atoms with Crippen molar-refractivity contribution in [2.24, 2.45) is 4.99 Å². The number of rotatable bonds is 8. The van der Waals surface area contributed by atoms with Crippen LogP contribution in [0.3, 0.4) is 0 Å². The Morgan fingerprint density at radius 2 is 1.73 bits per heavy atom. The Morgan fingerprint density at radius 1 is 1.00 bits per heavy atom. The standard InChI is InChI=1S/C30H31N3O3S/c1-35-27-22-26(32-17-19-36-20-18-32)15-14-24(27)21-28-29(34)33(16-8-11-23-9-4-2-5-10-23)30(37-28)31-25-12-6-3-7-13-25/h2-7,9-10,12-15,21-22H,8,11,16-20H2,1H3/b28-21-,31-30?. The molecule has 2 saturated heterocycles. The molecule has 7 heteroatoms. The smallest absolute Gasteiger partial charge is 0.266 e. The second-order valence-corrected chi connectivity index (χ2v) is 9.92. The Morgan fingerprint density at radius 3 is 2.46 bits per heavy atom. The molecule has 2 aliphatic heterocycles. The summed E-state index contributed by atoms with van der Waals surface area (Å²) in [7, 11) is 1.67. The summed E-state index contributed by atoms with van der Waals surface area (Å²) >= 11 is 1.42. The molecule has 37 heavy (non-hydrogen) atoms. The normalized spacial score (nSPS) is 18.1. The van der Waals surface area contributed by atoms with Gasteiger partial charge < -0.3 is 14.4 Å². The highest BCUT2D eigenvalue weighted by molar-refractivity contribution is 8.18. The topological polar surface area (TPSA) is 54.4 Å². The quantitative estimate of drug-likeness (QED) is 0.358. The van der Waals surface area contributed by atoms with Gasteiger partial charge in [-0.15, -0.1) is 0 Å². The van der Waals surface area contributed by atoms with E-state index in [1.165, 1.54) is 17.3 Å². The first kappa shape index (κ1) is 25.1. The molecule has 2 fully saturated rings. The summed E-state index contributed by atoms with van der Waals surface area (Å²) in [5.74, 6) is 0.723. The number of thioether (sulfide) groups is 1. The van der Waals surface area contributed by atoms with Gasteiger partial charge in [-0.25, -0.2) is 4.99 Å². The van der Waals surface area contributed by atoms with E-state index in [0.29, 0.717) is 16.6 Å². The van der Waals surface area contributed by atoms with Gasteiger partial charge >= 0.3 is 0 Å². The molecule has 0 saturated carbocycles. The van der Waals surface area contributed by atoms with E-state index in [1.54, 1.807) is 12.0 Å². The van der Waals surface area contributed by atoms with Gasteiger partial charge in [0.1, 0.15) is 5.75 Å². The van der Waals surface area contributed by atoms with Crippen LogP contribution in [-0.4, -0.2) is 55.9 Å². The zero-order chi connectivity index (χ0) is 25.5. The van der Waals surface area contributed by atoms with Gasteiger partial charge in [0, 0.05) is 37.0 Å². The van der Waals surface area contributed by atoms with Crippen LogP contribution in [0.15, 0.2) is 88.8 Å². The van der Waals surface area contributed by atoms with Crippen LogP contribution in [0.2, 0.25) is 0 Å². The molecule has 0 N–H and O–H groups in total. The first-order valence-corrected chi connectivity index (χ1v) is 13.4. The number of carbonyl (C=O) groups excluding carboxylic acids is 1. The number of amides is 1. The number of para-hydroxylation sites is 1. The second-order valence-electron chi connectivity index (χ2n) is 8.91. The number of anilines is 1. The molecular formula is C30H31N3O3S. The summed E-state index contributed by atoms with van der Waals surface area (Å²) in [6.07, 6.45) is 3.69. The van der Waals surface area contributed by atoms with Gasteiger partial charge in [0.15, 0.2) is 5.17 Å². The van der Waals surface area contributed by atoms with Crippen molar-refractivity contribution in [1.29, 1.82) is 0 Å². The molecule has 0 bridgehead atoms. The molecule has 0 atom stereocenters. The molecule has 0 aliphatic carbocycles. The van der Waals surface area contributed by atoms with Crippen LogP contribution in [0.25, 0.3) is 6.08 Å². The summed E-state index contributed by atoms with van der Waals surface area (Å²) in [5, 5.41) is 0.708. The highest BCUT2D eigenvalue weighted by Gasteiger charge is 2.33. The third-order valence-corrected chi connectivity index (χ3v) is 7.45. The predicted molar refractivity (Wildman–Crippen MR) is 152 cm³/mol. The lowest BCUT2D eigenvalue weighted by Crippen LogP contribution is -2.36. The lowest BCUT2D eigenvalue weighted by molar-refractivity contribution is -0.122. The first-order valence-electron chi connectivity index (χ1n) is 12.6. The van der Waals surface area contributed by atoms with Gasteiger partial charge in [0.05, 0.1) is 30.9 Å². The Balaban J connectivity index is 1.39. The van der Waals surface area contributed by atoms with Gasteiger partial charge in [-0.3, -0.25) is 9.69 Å². The van der Waals surface area contributed by atoms with E-state index in [0.717, 1.165) is 61.8 Å². The lowest BCUT2D eigenvalue weighted by atomic mass is 10.1. The van der Waals surface area contributed by atoms with Crippen molar-refractivity contribution < 1.29 is 14.3 Å². The minimum atomic E-state index is -0.0212. The number of nitrogens with zero attached hydrogens (tertiary/aromatic N) is 3. The molecule has 3 aromatic carbocycles. The molecule has 1 amide bonds. The van der Waals surface area contributed by atoms with E-state index in [2.05, 4.69) is 23.1 Å². The third-order valence-electron chi connectivity index (χ3n) is 6.44. The molecular weight excluding hydrogens is 482 g/mol. The maximum absolute atomic E-state index is 13.6. The zero-order valence-electron chi connectivity index (χ0n) is 21.0. The number of amidine groups is 1. The second kappa shape index (κ2) is 12.1. The molecule has 0 spiro atoms. The molecule has 0 radical (unpaired) electrons. The van der Waals surface area contributed by atoms with Crippen molar-refractivity contribution >= 4 is 40.3 Å². The minimum Gasteiger partial charge on any atom is -0.496 e. The highest BCUT2D eigenvalue weighted by Crippen LogP contribution is 2.36. The van der Waals surface area contributed by atoms with Crippen molar-refractivity contribution in [3.63, 3.8) is 0 Å². The average molecular weight is 514 g/mol. The Hall–Kier alpha value is -3.55. The fourth-order valence-electron chi connectivity index (χ4n) is 4.47. The monoisotopic (exact) mass is 513 g/mol. The summed E-state index contributed by atoms with van der Waals surface area (Å²) in [5.41, 5.74) is 4.07. The lowest BCUT2D eigenvalue weighted by Gasteiger charge is -2.29. The summed E-state index contributed by atoms with van der Waals surface area (Å²) < 4.78 is 11.2. The molecule has 0 aromatic heterocycles. The summed E-state index contributed by atoms with van der Waals surface area (Å²) in [6, 6.07) is 26.3. The van der Waals surface area contributed by atoms with Crippen molar-refractivity contribution in [3.8, 4) is 5.75 Å². The fourth-order valence-corrected chi connectivity index (χ4v) is 5.48. The molecule has 6 nitrogen and oxygen atoms in total. The van der Waals surface area contributed by atoms with Gasteiger partial charge in [-0.1, -0.05) is 48.5 Å². The Kier molecular flexibility index (Phi) is 8.23. The van der Waals surface area contributed by atoms with Crippen molar-refractivity contribution in [2.75, 3.05) is 44.9 Å². The molecule has 2 aliphatic rings. The van der Waals surface area contributed by atoms with Crippen LogP contribution in [-0.2, 0) is 16.0 Å². The van der Waals surface area contributed by atoms with Gasteiger partial charge in [-0.05, 0) is 60.5 Å². The first-order chi connectivity index (χ1) is 18.2. The van der Waals surface area contributed by atoms with E-state index in [9.17, 15) is 4.79 Å².